The Kier molecular flexibility index (Phi) is 3.65. The second-order valence-electron chi connectivity index (χ2n) is 6.28. The highest BCUT2D eigenvalue weighted by atomic mass is 32.1. The second kappa shape index (κ2) is 5.24. The molecule has 0 aromatic carbocycles. The van der Waals surface area contributed by atoms with Crippen molar-refractivity contribution in [3.8, 4) is 5.75 Å². The first-order chi connectivity index (χ1) is 10.3. The molecule has 0 aliphatic carbocycles. The zero-order chi connectivity index (χ0) is 16.1. The van der Waals surface area contributed by atoms with Gasteiger partial charge in [0.05, 0.1) is 10.9 Å². The Morgan fingerprint density at radius 2 is 2.18 bits per heavy atom. The summed E-state index contributed by atoms with van der Waals surface area (Å²) in [5.41, 5.74) is -0.883. The monoisotopic (exact) mass is 325 g/mol. The van der Waals surface area contributed by atoms with Crippen LogP contribution < -0.4 is 4.74 Å². The number of hydrogen-bond donors (Lipinski definition) is 2. The summed E-state index contributed by atoms with van der Waals surface area (Å²) in [7, 11) is 0. The van der Waals surface area contributed by atoms with Crippen molar-refractivity contribution in [1.82, 2.24) is 4.90 Å². The molecule has 2 aliphatic rings. The number of hydrogen-bond acceptors (Lipinski definition) is 5. The number of aromatic carboxylic acids is 1. The predicted octanol–water partition coefficient (Wildman–Crippen LogP) is 2.03. The zero-order valence-electron chi connectivity index (χ0n) is 12.5. The molecule has 3 rings (SSSR count). The summed E-state index contributed by atoms with van der Waals surface area (Å²) >= 11 is 1.07. The quantitative estimate of drug-likeness (QED) is 0.869. The van der Waals surface area contributed by atoms with Gasteiger partial charge in [-0.2, -0.15) is 0 Å². The lowest BCUT2D eigenvalue weighted by Gasteiger charge is -2.46. The van der Waals surface area contributed by atoms with Gasteiger partial charge in [-0.3, -0.25) is 4.79 Å². The van der Waals surface area contributed by atoms with Gasteiger partial charge in [0, 0.05) is 19.0 Å². The van der Waals surface area contributed by atoms with E-state index in [2.05, 4.69) is 0 Å². The average molecular weight is 325 g/mol. The molecular formula is C15H19NO5S. The number of amides is 1. The van der Waals surface area contributed by atoms with Crippen molar-refractivity contribution in [2.24, 2.45) is 0 Å². The Balaban J connectivity index is 2.07. The molecule has 2 aliphatic heterocycles. The molecule has 0 radical (unpaired) electrons. The molecular weight excluding hydrogens is 306 g/mol. The van der Waals surface area contributed by atoms with Crippen LogP contribution in [0.15, 0.2) is 6.07 Å². The van der Waals surface area contributed by atoms with Crippen LogP contribution in [-0.4, -0.2) is 45.2 Å². The predicted molar refractivity (Wildman–Crippen MR) is 80.3 cm³/mol. The summed E-state index contributed by atoms with van der Waals surface area (Å²) in [5, 5.41) is 19.9. The van der Waals surface area contributed by atoms with E-state index in [0.29, 0.717) is 23.6 Å². The maximum absolute atomic E-state index is 12.3. The van der Waals surface area contributed by atoms with E-state index in [4.69, 9.17) is 4.74 Å². The SMILES string of the molecule is CC1(C)Oc2cc(C(=O)O)sc2C(N2CCCCC2=O)C1O. The van der Waals surface area contributed by atoms with E-state index < -0.39 is 23.7 Å². The molecule has 3 heterocycles. The molecule has 1 aromatic rings. The Morgan fingerprint density at radius 1 is 1.45 bits per heavy atom. The molecule has 7 heteroatoms. The van der Waals surface area contributed by atoms with E-state index in [1.165, 1.54) is 6.07 Å². The van der Waals surface area contributed by atoms with Crippen LogP contribution >= 0.6 is 11.3 Å². The number of likely N-dealkylation sites (tertiary alicyclic amines) is 1. The van der Waals surface area contributed by atoms with Crippen molar-refractivity contribution in [1.29, 1.82) is 0 Å². The van der Waals surface area contributed by atoms with Gasteiger partial charge >= 0.3 is 5.97 Å². The minimum Gasteiger partial charge on any atom is -0.484 e. The van der Waals surface area contributed by atoms with Gasteiger partial charge in [0.25, 0.3) is 0 Å². The van der Waals surface area contributed by atoms with Crippen LogP contribution in [0.5, 0.6) is 5.75 Å². The van der Waals surface area contributed by atoms with E-state index in [-0.39, 0.29) is 10.8 Å². The number of nitrogens with zero attached hydrogens (tertiary/aromatic N) is 1. The molecule has 1 fully saturated rings. The molecule has 6 nitrogen and oxygen atoms in total. The number of aliphatic hydroxyl groups excluding tert-OH is 1. The highest BCUT2D eigenvalue weighted by Crippen LogP contribution is 2.47. The minimum absolute atomic E-state index is 0.00391. The number of thiophene rings is 1. The summed E-state index contributed by atoms with van der Waals surface area (Å²) in [5.74, 6) is -0.565. The Labute approximate surface area is 132 Å². The topological polar surface area (TPSA) is 87.1 Å². The molecule has 1 aromatic heterocycles. The lowest BCUT2D eigenvalue weighted by Crippen LogP contribution is -2.55. The molecule has 0 spiro atoms. The van der Waals surface area contributed by atoms with Gasteiger partial charge in [-0.1, -0.05) is 0 Å². The van der Waals surface area contributed by atoms with Gasteiger partial charge in [-0.15, -0.1) is 11.3 Å². The standard InChI is InChI=1S/C15H19NO5S/c1-15(2)13(18)11(16-6-4-3-5-10(16)17)12-8(21-15)7-9(22-12)14(19)20/h7,11,13,18H,3-6H2,1-2H3,(H,19,20). The largest absolute Gasteiger partial charge is 0.484 e. The molecule has 2 atom stereocenters. The first-order valence-electron chi connectivity index (χ1n) is 7.35. The number of carboxylic acids is 1. The fourth-order valence-corrected chi connectivity index (χ4v) is 4.15. The summed E-state index contributed by atoms with van der Waals surface area (Å²) in [4.78, 5) is 25.9. The third-order valence-corrected chi connectivity index (χ3v) is 5.46. The second-order valence-corrected chi connectivity index (χ2v) is 7.37. The van der Waals surface area contributed by atoms with Crippen LogP contribution in [0.25, 0.3) is 0 Å². The molecule has 2 N–H and O–H groups in total. The fraction of sp³-hybridized carbons (Fsp3) is 0.600. The molecule has 120 valence electrons. The molecule has 0 bridgehead atoms. The van der Waals surface area contributed by atoms with Crippen molar-refractivity contribution < 1.29 is 24.5 Å². The van der Waals surface area contributed by atoms with Crippen molar-refractivity contribution in [2.45, 2.75) is 50.9 Å². The maximum atomic E-state index is 12.3. The van der Waals surface area contributed by atoms with Gasteiger partial charge in [0.2, 0.25) is 5.91 Å². The highest BCUT2D eigenvalue weighted by molar-refractivity contribution is 7.14. The van der Waals surface area contributed by atoms with Crippen LogP contribution in [0.1, 0.15) is 53.7 Å². The summed E-state index contributed by atoms with van der Waals surface area (Å²) in [6.45, 7) is 4.08. The van der Waals surface area contributed by atoms with E-state index in [1.54, 1.807) is 18.7 Å². The molecule has 22 heavy (non-hydrogen) atoms. The van der Waals surface area contributed by atoms with Gasteiger partial charge in [-0.05, 0) is 26.7 Å². The van der Waals surface area contributed by atoms with Gasteiger partial charge in [-0.25, -0.2) is 4.79 Å². The lowest BCUT2D eigenvalue weighted by molar-refractivity contribution is -0.146. The number of carboxylic acid groups (broad SMARTS) is 1. The molecule has 1 amide bonds. The van der Waals surface area contributed by atoms with Gasteiger partial charge in [0.15, 0.2) is 0 Å². The van der Waals surface area contributed by atoms with Crippen LogP contribution in [-0.2, 0) is 4.79 Å². The summed E-state index contributed by atoms with van der Waals surface area (Å²) in [6, 6.07) is 0.946. The number of carbonyl (C=O) groups excluding carboxylic acids is 1. The van der Waals surface area contributed by atoms with Gasteiger partial charge in [0.1, 0.15) is 22.3 Å². The maximum Gasteiger partial charge on any atom is 0.346 e. The summed E-state index contributed by atoms with van der Waals surface area (Å²) < 4.78 is 5.78. The number of ether oxygens (including phenoxy) is 1. The Bertz CT molecular complexity index is 623. The molecule has 0 saturated carbocycles. The third-order valence-electron chi connectivity index (χ3n) is 4.28. The van der Waals surface area contributed by atoms with Crippen molar-refractivity contribution in [3.63, 3.8) is 0 Å². The first-order valence-corrected chi connectivity index (χ1v) is 8.16. The average Bonchev–Trinajstić information content (AvgIpc) is 2.84. The third kappa shape index (κ3) is 2.38. The minimum atomic E-state index is -1.03. The number of aliphatic hydroxyl groups is 1. The Morgan fingerprint density at radius 3 is 2.82 bits per heavy atom. The van der Waals surface area contributed by atoms with Gasteiger partial charge < -0.3 is 19.8 Å². The number of rotatable bonds is 2. The lowest BCUT2D eigenvalue weighted by atomic mass is 9.88. The van der Waals surface area contributed by atoms with Crippen LogP contribution in [0, 0.1) is 0 Å². The van der Waals surface area contributed by atoms with E-state index in [1.807, 2.05) is 0 Å². The fourth-order valence-electron chi connectivity index (χ4n) is 3.08. The van der Waals surface area contributed by atoms with Crippen molar-refractivity contribution in [2.75, 3.05) is 6.54 Å². The highest BCUT2D eigenvalue weighted by Gasteiger charge is 2.48. The summed E-state index contributed by atoms with van der Waals surface area (Å²) in [6.07, 6.45) is 1.32. The molecule has 1 saturated heterocycles. The number of fused-ring (bicyclic) bond motifs is 1. The van der Waals surface area contributed by atoms with Crippen molar-refractivity contribution >= 4 is 23.2 Å². The van der Waals surface area contributed by atoms with E-state index in [9.17, 15) is 19.8 Å². The molecule has 2 unspecified atom stereocenters. The van der Waals surface area contributed by atoms with Crippen LogP contribution in [0.2, 0.25) is 0 Å². The first kappa shape index (κ1) is 15.3. The van der Waals surface area contributed by atoms with E-state index >= 15 is 0 Å². The van der Waals surface area contributed by atoms with Crippen molar-refractivity contribution in [3.05, 3.63) is 15.8 Å². The Hall–Kier alpha value is -1.60. The smallest absolute Gasteiger partial charge is 0.346 e. The number of piperidine rings is 1. The zero-order valence-corrected chi connectivity index (χ0v) is 13.4. The number of carbonyl (C=O) groups is 2. The van der Waals surface area contributed by atoms with Crippen LogP contribution in [0.3, 0.4) is 0 Å². The normalized spacial score (nSPS) is 27.2. The van der Waals surface area contributed by atoms with E-state index in [0.717, 1.165) is 24.2 Å². The van der Waals surface area contributed by atoms with Crippen LogP contribution in [0.4, 0.5) is 0 Å².